The molecule has 8 heteroatoms. The number of carbonyl (C=O) groups excluding carboxylic acids is 2. The van der Waals surface area contributed by atoms with E-state index in [1.807, 2.05) is 6.08 Å². The third kappa shape index (κ3) is 9.77. The van der Waals surface area contributed by atoms with E-state index in [1.165, 1.54) is 6.08 Å². The molecular formula is C32H51ClO5Si2. The Kier molecular flexibility index (Phi) is 12.7. The molecule has 1 atom stereocenters. The van der Waals surface area contributed by atoms with Crippen LogP contribution in [0.25, 0.3) is 0 Å². The number of halogens is 1. The summed E-state index contributed by atoms with van der Waals surface area (Å²) < 4.78 is 19.2. The van der Waals surface area contributed by atoms with Crippen LogP contribution in [0, 0.1) is 0 Å². The van der Waals surface area contributed by atoms with Crippen molar-refractivity contribution in [1.29, 1.82) is 0 Å². The van der Waals surface area contributed by atoms with Crippen LogP contribution in [0.1, 0.15) is 83.7 Å². The first kappa shape index (κ1) is 35.9. The zero-order chi connectivity index (χ0) is 31.1. The van der Waals surface area contributed by atoms with E-state index in [9.17, 15) is 9.59 Å². The van der Waals surface area contributed by atoms with Crippen molar-refractivity contribution in [2.24, 2.45) is 0 Å². The summed E-state index contributed by atoms with van der Waals surface area (Å²) in [5.41, 5.74) is 0.543. The van der Waals surface area contributed by atoms with Gasteiger partial charge in [-0.05, 0) is 62.1 Å². The lowest BCUT2D eigenvalue weighted by Gasteiger charge is -2.39. The molecule has 0 radical (unpaired) electrons. The van der Waals surface area contributed by atoms with Crippen molar-refractivity contribution in [2.75, 3.05) is 0 Å². The van der Waals surface area contributed by atoms with Crippen LogP contribution in [-0.4, -0.2) is 34.5 Å². The lowest BCUT2D eigenvalue weighted by molar-refractivity contribution is -0.114. The molecule has 5 nitrogen and oxygen atoms in total. The third-order valence-corrected chi connectivity index (χ3v) is 16.9. The second-order valence-corrected chi connectivity index (χ2v) is 23.2. The van der Waals surface area contributed by atoms with Crippen LogP contribution in [0.15, 0.2) is 43.5 Å². The summed E-state index contributed by atoms with van der Waals surface area (Å²) >= 11 is 7.01. The number of ether oxygens (including phenoxy) is 1. The molecule has 0 saturated carbocycles. The molecule has 0 fully saturated rings. The molecule has 0 bridgehead atoms. The van der Waals surface area contributed by atoms with Gasteiger partial charge in [-0.1, -0.05) is 71.4 Å². The molecule has 0 N–H and O–H groups in total. The Bertz CT molecular complexity index is 1110. The summed E-state index contributed by atoms with van der Waals surface area (Å²) in [6, 6.07) is 1.73. The fourth-order valence-electron chi connectivity index (χ4n) is 3.25. The molecule has 0 aromatic heterocycles. The largest absolute Gasteiger partial charge is 0.543 e. The highest BCUT2D eigenvalue weighted by Crippen LogP contribution is 2.46. The van der Waals surface area contributed by atoms with Crippen LogP contribution < -0.4 is 8.85 Å². The summed E-state index contributed by atoms with van der Waals surface area (Å²) in [6.07, 6.45) is 8.31. The topological polar surface area (TPSA) is 61.8 Å². The average Bonchev–Trinajstić information content (AvgIpc) is 2.78. The number of hydrogen-bond donors (Lipinski definition) is 0. The zero-order valence-electron chi connectivity index (χ0n) is 26.6. The van der Waals surface area contributed by atoms with Crippen LogP contribution in [0.2, 0.25) is 41.3 Å². The maximum atomic E-state index is 13.7. The van der Waals surface area contributed by atoms with E-state index in [4.69, 9.17) is 25.2 Å². The average molecular weight is 607 g/mol. The van der Waals surface area contributed by atoms with Crippen LogP contribution in [0.4, 0.5) is 0 Å². The molecule has 1 aromatic rings. The van der Waals surface area contributed by atoms with Crippen molar-refractivity contribution in [2.45, 2.75) is 117 Å². The Labute approximate surface area is 250 Å². The lowest BCUT2D eigenvalue weighted by atomic mass is 10.00. The normalized spacial score (nSPS) is 13.6. The number of allylic oxidation sites excluding steroid dienone is 3. The first-order valence-corrected chi connectivity index (χ1v) is 20.2. The maximum Gasteiger partial charge on any atom is 0.342 e. The van der Waals surface area contributed by atoms with E-state index < -0.39 is 28.7 Å². The van der Waals surface area contributed by atoms with Crippen molar-refractivity contribution in [3.05, 3.63) is 59.7 Å². The molecule has 0 amide bonds. The molecule has 1 rings (SSSR count). The van der Waals surface area contributed by atoms with E-state index in [2.05, 4.69) is 80.9 Å². The van der Waals surface area contributed by atoms with Crippen LogP contribution in [0.3, 0.4) is 0 Å². The molecule has 0 unspecified atom stereocenters. The fourth-order valence-corrected chi connectivity index (χ4v) is 5.60. The molecular weight excluding hydrogens is 556 g/mol. The number of hydrogen-bond acceptors (Lipinski definition) is 5. The zero-order valence-corrected chi connectivity index (χ0v) is 29.4. The highest BCUT2D eigenvalue weighted by molar-refractivity contribution is 6.75. The predicted molar refractivity (Wildman–Crippen MR) is 174 cm³/mol. The Hall–Kier alpha value is -2.10. The van der Waals surface area contributed by atoms with Gasteiger partial charge in [0.1, 0.15) is 23.2 Å². The van der Waals surface area contributed by atoms with E-state index in [0.717, 1.165) is 6.42 Å². The highest BCUT2D eigenvalue weighted by Gasteiger charge is 2.42. The summed E-state index contributed by atoms with van der Waals surface area (Å²) in [4.78, 5) is 26.9. The lowest BCUT2D eigenvalue weighted by Crippen LogP contribution is -2.45. The number of carbonyl (C=O) groups is 2. The summed E-state index contributed by atoms with van der Waals surface area (Å²) in [6.45, 7) is 30.6. The molecule has 0 heterocycles. The second kappa shape index (κ2) is 14.2. The highest BCUT2D eigenvalue weighted by atomic mass is 35.5. The molecule has 224 valence electrons. The van der Waals surface area contributed by atoms with E-state index in [1.54, 1.807) is 25.1 Å². The minimum atomic E-state index is -2.43. The minimum Gasteiger partial charge on any atom is -0.543 e. The molecule has 40 heavy (non-hydrogen) atoms. The molecule has 0 saturated heterocycles. The van der Waals surface area contributed by atoms with Gasteiger partial charge in [-0.15, -0.1) is 13.2 Å². The third-order valence-electron chi connectivity index (χ3n) is 7.84. The van der Waals surface area contributed by atoms with Crippen LogP contribution in [0.5, 0.6) is 11.5 Å². The van der Waals surface area contributed by atoms with Gasteiger partial charge in [0.25, 0.3) is 16.6 Å². The van der Waals surface area contributed by atoms with Crippen molar-refractivity contribution in [3.8, 4) is 11.5 Å². The van der Waals surface area contributed by atoms with Gasteiger partial charge >= 0.3 is 5.97 Å². The molecule has 0 aliphatic rings. The monoisotopic (exact) mass is 606 g/mol. The van der Waals surface area contributed by atoms with Gasteiger partial charge in [-0.25, -0.2) is 4.79 Å². The number of rotatable bonds is 14. The maximum absolute atomic E-state index is 13.7. The predicted octanol–water partition coefficient (Wildman–Crippen LogP) is 9.86. The smallest absolute Gasteiger partial charge is 0.342 e. The van der Waals surface area contributed by atoms with Gasteiger partial charge in [-0.3, -0.25) is 4.79 Å². The quantitative estimate of drug-likeness (QED) is 0.0693. The van der Waals surface area contributed by atoms with Crippen molar-refractivity contribution < 1.29 is 23.2 Å². The van der Waals surface area contributed by atoms with Crippen molar-refractivity contribution >= 4 is 40.0 Å². The van der Waals surface area contributed by atoms with E-state index in [0.29, 0.717) is 29.9 Å². The standard InChI is InChI=1S/C32H51ClO5Si2/c1-14-16-17-18-20-24(34)21-25-28(30(35)36-23(3)19-15-2)26(37-39(10,11)31(4,5)6)22-27(29(25)33)38-40(12,13)32(7,8)9/h14-15,18,20,22-23H,1-2,16-17,19,21H2,3-13H3/t23-/m1/s1. The van der Waals surface area contributed by atoms with E-state index >= 15 is 0 Å². The van der Waals surface area contributed by atoms with Gasteiger partial charge < -0.3 is 13.6 Å². The Balaban J connectivity index is 3.95. The van der Waals surface area contributed by atoms with Gasteiger partial charge in [0, 0.05) is 24.5 Å². The summed E-state index contributed by atoms with van der Waals surface area (Å²) in [7, 11) is -4.76. The van der Waals surface area contributed by atoms with E-state index in [-0.39, 0.29) is 32.9 Å². The number of unbranched alkanes of at least 4 members (excludes halogenated alkanes) is 1. The minimum absolute atomic E-state index is 0.0910. The molecule has 0 aliphatic carbocycles. The summed E-state index contributed by atoms with van der Waals surface area (Å²) in [5, 5.41) is -0.00399. The SMILES string of the molecule is C=CCCC=CC(=O)Cc1c(Cl)c(O[Si](C)(C)C(C)(C)C)cc(O[Si](C)(C)C(C)(C)C)c1C(=O)O[C@H](C)CC=C. The van der Waals surface area contributed by atoms with Gasteiger partial charge in [0.05, 0.1) is 5.02 Å². The van der Waals surface area contributed by atoms with Gasteiger partial charge in [-0.2, -0.15) is 0 Å². The van der Waals surface area contributed by atoms with Crippen molar-refractivity contribution in [1.82, 2.24) is 0 Å². The Morgan fingerprint density at radius 3 is 1.93 bits per heavy atom. The first-order chi connectivity index (χ1) is 18.2. The van der Waals surface area contributed by atoms with Crippen molar-refractivity contribution in [3.63, 3.8) is 0 Å². The summed E-state index contributed by atoms with van der Waals surface area (Å²) in [5.74, 6) is 0.0132. The Morgan fingerprint density at radius 2 is 1.45 bits per heavy atom. The number of ketones is 1. The number of benzene rings is 1. The number of esters is 1. The second-order valence-electron chi connectivity index (χ2n) is 13.4. The molecule has 1 aromatic carbocycles. The van der Waals surface area contributed by atoms with Gasteiger partial charge in [0.2, 0.25) is 0 Å². The van der Waals surface area contributed by atoms with Crippen LogP contribution >= 0.6 is 11.6 Å². The molecule has 0 spiro atoms. The molecule has 0 aliphatic heterocycles. The van der Waals surface area contributed by atoms with Crippen LogP contribution in [-0.2, 0) is 16.0 Å². The Morgan fingerprint density at radius 1 is 0.925 bits per heavy atom. The first-order valence-electron chi connectivity index (χ1n) is 14.0. The fraction of sp³-hybridized carbons (Fsp3) is 0.562. The van der Waals surface area contributed by atoms with Gasteiger partial charge in [0.15, 0.2) is 5.78 Å².